The Bertz CT molecular complexity index is 461. The third kappa shape index (κ3) is 3.45. The van der Waals surface area contributed by atoms with Crippen LogP contribution in [0.1, 0.15) is 37.7 Å². The van der Waals surface area contributed by atoms with Gasteiger partial charge in [-0.05, 0) is 46.5 Å². The fourth-order valence-electron chi connectivity index (χ4n) is 2.64. The molecule has 1 aromatic rings. The minimum atomic E-state index is 0.374. The lowest BCUT2D eigenvalue weighted by Crippen LogP contribution is -2.21. The van der Waals surface area contributed by atoms with E-state index in [-0.39, 0.29) is 0 Å². The Labute approximate surface area is 127 Å². The second kappa shape index (κ2) is 6.78. The zero-order chi connectivity index (χ0) is 13.8. The summed E-state index contributed by atoms with van der Waals surface area (Å²) in [5.74, 6) is 1.62. The molecular weight excluding hydrogens is 322 g/mol. The summed E-state index contributed by atoms with van der Waals surface area (Å²) in [6.07, 6.45) is 6.18. The van der Waals surface area contributed by atoms with E-state index >= 15 is 0 Å². The summed E-state index contributed by atoms with van der Waals surface area (Å²) in [4.78, 5) is 5.68. The third-order valence-corrected chi connectivity index (χ3v) is 4.28. The highest BCUT2D eigenvalue weighted by atomic mass is 79.9. The number of hydrogen-bond donors (Lipinski definition) is 1. The van der Waals surface area contributed by atoms with E-state index in [1.807, 2.05) is 6.07 Å². The topological polar surface area (TPSA) is 39.7 Å². The van der Waals surface area contributed by atoms with Crippen molar-refractivity contribution in [1.29, 1.82) is 0 Å². The van der Waals surface area contributed by atoms with Gasteiger partial charge in [0.05, 0.1) is 23.8 Å². The molecule has 1 aliphatic carbocycles. The average molecular weight is 342 g/mol. The van der Waals surface area contributed by atoms with Crippen molar-refractivity contribution in [2.24, 2.45) is 0 Å². The van der Waals surface area contributed by atoms with E-state index in [1.165, 1.54) is 12.8 Å². The van der Waals surface area contributed by atoms with Gasteiger partial charge in [0.1, 0.15) is 0 Å². The van der Waals surface area contributed by atoms with Crippen LogP contribution in [0.25, 0.3) is 0 Å². The van der Waals surface area contributed by atoms with Crippen LogP contribution < -0.4 is 15.0 Å². The predicted octanol–water partition coefficient (Wildman–Crippen LogP) is 3.57. The molecule has 0 saturated heterocycles. The zero-order valence-corrected chi connectivity index (χ0v) is 13.1. The lowest BCUT2D eigenvalue weighted by atomic mass is 10.2. The van der Waals surface area contributed by atoms with Gasteiger partial charge in [0.15, 0.2) is 11.5 Å². The van der Waals surface area contributed by atoms with Crippen LogP contribution in [0.4, 0.5) is 0 Å². The van der Waals surface area contributed by atoms with Gasteiger partial charge in [-0.1, -0.05) is 12.8 Å². The Morgan fingerprint density at radius 3 is 2.80 bits per heavy atom. The van der Waals surface area contributed by atoms with Crippen molar-refractivity contribution in [1.82, 2.24) is 5.48 Å². The Hall–Kier alpha value is -0.780. The first-order valence-corrected chi connectivity index (χ1v) is 8.09. The Kier molecular flexibility index (Phi) is 4.81. The number of fused-ring (bicyclic) bond motifs is 1. The summed E-state index contributed by atoms with van der Waals surface area (Å²) in [6, 6.07) is 4.08. The highest BCUT2D eigenvalue weighted by molar-refractivity contribution is 9.10. The smallest absolute Gasteiger partial charge is 0.175 e. The van der Waals surface area contributed by atoms with E-state index in [9.17, 15) is 0 Å². The first-order chi connectivity index (χ1) is 9.83. The number of ether oxygens (including phenoxy) is 2. The van der Waals surface area contributed by atoms with Crippen molar-refractivity contribution in [2.75, 3.05) is 13.2 Å². The first kappa shape index (κ1) is 14.2. The van der Waals surface area contributed by atoms with E-state index in [0.717, 1.165) is 40.8 Å². The minimum Gasteiger partial charge on any atom is -0.490 e. The van der Waals surface area contributed by atoms with Gasteiger partial charge in [-0.2, -0.15) is 5.48 Å². The van der Waals surface area contributed by atoms with Crippen molar-refractivity contribution in [2.45, 2.75) is 44.8 Å². The average Bonchev–Trinajstić information content (AvgIpc) is 2.83. The number of hydrogen-bond acceptors (Lipinski definition) is 4. The Morgan fingerprint density at radius 2 is 1.95 bits per heavy atom. The maximum Gasteiger partial charge on any atom is 0.175 e. The zero-order valence-electron chi connectivity index (χ0n) is 11.5. The molecule has 0 atom stereocenters. The van der Waals surface area contributed by atoms with Gasteiger partial charge < -0.3 is 9.47 Å². The van der Waals surface area contributed by atoms with Crippen LogP contribution in [-0.4, -0.2) is 19.3 Å². The molecule has 0 radical (unpaired) electrons. The molecular formula is C15H20BrNO3. The van der Waals surface area contributed by atoms with Gasteiger partial charge in [0.25, 0.3) is 0 Å². The SMILES string of the molecule is Brc1cc(CNOC2CCCC2)cc2c1OCCCO2. The van der Waals surface area contributed by atoms with Gasteiger partial charge in [-0.15, -0.1) is 0 Å². The van der Waals surface area contributed by atoms with E-state index in [4.69, 9.17) is 14.3 Å². The van der Waals surface area contributed by atoms with Crippen LogP contribution in [0.2, 0.25) is 0 Å². The van der Waals surface area contributed by atoms with Crippen LogP contribution in [0, 0.1) is 0 Å². The predicted molar refractivity (Wildman–Crippen MR) is 79.9 cm³/mol. The van der Waals surface area contributed by atoms with Crippen molar-refractivity contribution in [3.63, 3.8) is 0 Å². The molecule has 1 aliphatic heterocycles. The van der Waals surface area contributed by atoms with Crippen LogP contribution in [0.5, 0.6) is 11.5 Å². The molecule has 2 aliphatic rings. The maximum absolute atomic E-state index is 5.73. The molecule has 0 aromatic heterocycles. The number of rotatable bonds is 4. The highest BCUT2D eigenvalue weighted by Gasteiger charge is 2.17. The lowest BCUT2D eigenvalue weighted by Gasteiger charge is -2.14. The molecule has 1 fully saturated rings. The molecule has 0 unspecified atom stereocenters. The van der Waals surface area contributed by atoms with Gasteiger partial charge in [0, 0.05) is 13.0 Å². The number of nitrogens with one attached hydrogen (secondary N) is 1. The van der Waals surface area contributed by atoms with E-state index < -0.39 is 0 Å². The molecule has 20 heavy (non-hydrogen) atoms. The molecule has 4 nitrogen and oxygen atoms in total. The van der Waals surface area contributed by atoms with Crippen molar-refractivity contribution in [3.05, 3.63) is 22.2 Å². The Balaban J connectivity index is 1.61. The maximum atomic E-state index is 5.73. The van der Waals surface area contributed by atoms with Gasteiger partial charge in [-0.3, -0.25) is 4.84 Å². The second-order valence-electron chi connectivity index (χ2n) is 5.30. The summed E-state index contributed by atoms with van der Waals surface area (Å²) in [7, 11) is 0. The molecule has 3 rings (SSSR count). The molecule has 1 aromatic carbocycles. The van der Waals surface area contributed by atoms with Crippen LogP contribution in [0.15, 0.2) is 16.6 Å². The molecule has 0 bridgehead atoms. The van der Waals surface area contributed by atoms with Crippen LogP contribution >= 0.6 is 15.9 Å². The minimum absolute atomic E-state index is 0.374. The Morgan fingerprint density at radius 1 is 1.15 bits per heavy atom. The monoisotopic (exact) mass is 341 g/mol. The largest absolute Gasteiger partial charge is 0.490 e. The van der Waals surface area contributed by atoms with Crippen LogP contribution in [-0.2, 0) is 11.4 Å². The second-order valence-corrected chi connectivity index (χ2v) is 6.16. The molecule has 0 amide bonds. The lowest BCUT2D eigenvalue weighted by molar-refractivity contribution is -0.0244. The first-order valence-electron chi connectivity index (χ1n) is 7.29. The molecule has 1 N–H and O–H groups in total. The fraction of sp³-hybridized carbons (Fsp3) is 0.600. The fourth-order valence-corrected chi connectivity index (χ4v) is 3.24. The molecule has 1 heterocycles. The summed E-state index contributed by atoms with van der Waals surface area (Å²) in [5, 5.41) is 0. The third-order valence-electron chi connectivity index (χ3n) is 3.69. The van der Waals surface area contributed by atoms with Gasteiger partial charge in [0.2, 0.25) is 0 Å². The summed E-state index contributed by atoms with van der Waals surface area (Å²) < 4.78 is 12.4. The number of hydroxylamine groups is 1. The normalized spacial score (nSPS) is 19.1. The van der Waals surface area contributed by atoms with Gasteiger partial charge >= 0.3 is 0 Å². The van der Waals surface area contributed by atoms with Crippen LogP contribution in [0.3, 0.4) is 0 Å². The standard InChI is InChI=1S/C15H20BrNO3/c16-13-8-11(10-17-20-12-4-1-2-5-12)9-14-15(13)19-7-3-6-18-14/h8-9,12,17H,1-7,10H2. The van der Waals surface area contributed by atoms with E-state index in [2.05, 4.69) is 27.5 Å². The van der Waals surface area contributed by atoms with E-state index in [0.29, 0.717) is 25.9 Å². The summed E-state index contributed by atoms with van der Waals surface area (Å²) >= 11 is 3.55. The van der Waals surface area contributed by atoms with Crippen molar-refractivity contribution < 1.29 is 14.3 Å². The summed E-state index contributed by atoms with van der Waals surface area (Å²) in [6.45, 7) is 2.08. The molecule has 110 valence electrons. The summed E-state index contributed by atoms with van der Waals surface area (Å²) in [5.41, 5.74) is 4.20. The quantitative estimate of drug-likeness (QED) is 0.849. The van der Waals surface area contributed by atoms with E-state index in [1.54, 1.807) is 0 Å². The van der Waals surface area contributed by atoms with Crippen molar-refractivity contribution in [3.8, 4) is 11.5 Å². The number of halogens is 1. The number of benzene rings is 1. The molecule has 1 saturated carbocycles. The van der Waals surface area contributed by atoms with Crippen molar-refractivity contribution >= 4 is 15.9 Å². The molecule has 0 spiro atoms. The van der Waals surface area contributed by atoms with Gasteiger partial charge in [-0.25, -0.2) is 0 Å². The highest BCUT2D eigenvalue weighted by Crippen LogP contribution is 2.38. The molecule has 5 heteroatoms.